The zero-order chi connectivity index (χ0) is 22.6. The Morgan fingerprint density at radius 1 is 1.00 bits per heavy atom. The van der Waals surface area contributed by atoms with Gasteiger partial charge in [-0.15, -0.1) is 0 Å². The third-order valence-corrected chi connectivity index (χ3v) is 6.06. The first-order chi connectivity index (χ1) is 16.2. The summed E-state index contributed by atoms with van der Waals surface area (Å²) in [4.78, 5) is 18.7. The molecule has 1 aliphatic heterocycles. The molecule has 2 heterocycles. The van der Waals surface area contributed by atoms with Crippen molar-refractivity contribution in [2.45, 2.75) is 12.5 Å². The molecule has 33 heavy (non-hydrogen) atoms. The number of rotatable bonds is 6. The van der Waals surface area contributed by atoms with Crippen LogP contribution in [-0.2, 0) is 16.0 Å². The van der Waals surface area contributed by atoms with E-state index in [9.17, 15) is 4.79 Å². The average molecular weight is 461 g/mol. The molecule has 1 unspecified atom stereocenters. The zero-order valence-electron chi connectivity index (χ0n) is 18.2. The normalized spacial score (nSPS) is 15.4. The summed E-state index contributed by atoms with van der Waals surface area (Å²) in [6.45, 7) is 2.52. The van der Waals surface area contributed by atoms with Gasteiger partial charge in [0.25, 0.3) is 5.91 Å². The molecule has 1 saturated heterocycles. The van der Waals surface area contributed by atoms with Crippen LogP contribution in [0, 0.1) is 0 Å². The Bertz CT molecular complexity index is 1250. The summed E-state index contributed by atoms with van der Waals surface area (Å²) in [6, 6.07) is 25.0. The smallest absolute Gasteiger partial charge is 0.262 e. The molecule has 1 aromatic heterocycles. The average Bonchev–Trinajstić information content (AvgIpc) is 3.18. The summed E-state index contributed by atoms with van der Waals surface area (Å²) in [5.41, 5.74) is 6.83. The number of halogens is 1. The van der Waals surface area contributed by atoms with E-state index >= 15 is 0 Å². The van der Waals surface area contributed by atoms with E-state index in [1.165, 1.54) is 0 Å². The maximum absolute atomic E-state index is 13.7. The molecule has 168 valence electrons. The Kier molecular flexibility index (Phi) is 6.39. The Morgan fingerprint density at radius 3 is 2.55 bits per heavy atom. The molecule has 4 aromatic rings. The minimum Gasteiger partial charge on any atom is -0.379 e. The number of hydrazine groups is 1. The second kappa shape index (κ2) is 9.75. The number of para-hydroxylation sites is 2. The number of nitrogens with zero attached hydrogens (tertiary/aromatic N) is 3. The number of benzene rings is 3. The van der Waals surface area contributed by atoms with Crippen molar-refractivity contribution < 1.29 is 9.53 Å². The molecule has 6 nitrogen and oxygen atoms in total. The number of carbonyl (C=O) groups excluding carboxylic acids is 1. The predicted molar refractivity (Wildman–Crippen MR) is 129 cm³/mol. The minimum atomic E-state index is -0.573. The van der Waals surface area contributed by atoms with Crippen molar-refractivity contribution >= 4 is 28.5 Å². The van der Waals surface area contributed by atoms with Crippen molar-refractivity contribution in [1.82, 2.24) is 20.0 Å². The minimum absolute atomic E-state index is 0.0985. The first-order valence-electron chi connectivity index (χ1n) is 11.1. The Morgan fingerprint density at radius 2 is 1.76 bits per heavy atom. The summed E-state index contributed by atoms with van der Waals surface area (Å²) >= 11 is 6.24. The summed E-state index contributed by atoms with van der Waals surface area (Å²) < 4.78 is 7.49. The van der Waals surface area contributed by atoms with Crippen molar-refractivity contribution in [3.05, 3.63) is 101 Å². The van der Waals surface area contributed by atoms with Gasteiger partial charge in [0.05, 0.1) is 24.2 Å². The highest BCUT2D eigenvalue weighted by Crippen LogP contribution is 2.28. The Balaban J connectivity index is 1.61. The van der Waals surface area contributed by atoms with Crippen LogP contribution in [0.1, 0.15) is 23.0 Å². The maximum atomic E-state index is 13.7. The molecular weight excluding hydrogens is 436 g/mol. The van der Waals surface area contributed by atoms with Crippen LogP contribution < -0.4 is 5.43 Å². The van der Waals surface area contributed by atoms with Gasteiger partial charge in [0.2, 0.25) is 0 Å². The van der Waals surface area contributed by atoms with E-state index in [0.717, 1.165) is 28.0 Å². The SMILES string of the molecule is O=C(NN1CCOCC1)C(c1ccccc1)n1c(Cc2cccc(Cl)c2)nc2ccccc21. The number of ether oxygens (including phenoxy) is 1. The number of hydrogen-bond acceptors (Lipinski definition) is 4. The lowest BCUT2D eigenvalue weighted by Gasteiger charge is -2.30. The van der Waals surface area contributed by atoms with Crippen LogP contribution in [0.15, 0.2) is 78.9 Å². The van der Waals surface area contributed by atoms with E-state index in [4.69, 9.17) is 21.3 Å². The molecule has 1 amide bonds. The highest BCUT2D eigenvalue weighted by atomic mass is 35.5. The number of nitrogens with one attached hydrogen (secondary N) is 1. The first kappa shape index (κ1) is 21.6. The zero-order valence-corrected chi connectivity index (χ0v) is 18.9. The van der Waals surface area contributed by atoms with Gasteiger partial charge >= 0.3 is 0 Å². The van der Waals surface area contributed by atoms with Gasteiger partial charge in [-0.2, -0.15) is 0 Å². The molecule has 1 N–H and O–H groups in total. The Hall–Kier alpha value is -3.19. The van der Waals surface area contributed by atoms with E-state index in [2.05, 4.69) is 9.99 Å². The van der Waals surface area contributed by atoms with Crippen LogP contribution in [0.4, 0.5) is 0 Å². The number of imidazole rings is 1. The first-order valence-corrected chi connectivity index (χ1v) is 11.5. The lowest BCUT2D eigenvalue weighted by molar-refractivity contribution is -0.130. The van der Waals surface area contributed by atoms with Crippen LogP contribution in [-0.4, -0.2) is 46.8 Å². The fraction of sp³-hybridized carbons (Fsp3) is 0.231. The topological polar surface area (TPSA) is 59.4 Å². The molecular formula is C26H25ClN4O2. The number of aromatic nitrogens is 2. The lowest BCUT2D eigenvalue weighted by Crippen LogP contribution is -2.50. The number of carbonyl (C=O) groups is 1. The van der Waals surface area contributed by atoms with Gasteiger partial charge in [0.15, 0.2) is 0 Å². The van der Waals surface area contributed by atoms with E-state index in [0.29, 0.717) is 37.7 Å². The standard InChI is InChI=1S/C26H25ClN4O2/c27-21-10-6-7-19(17-21)18-24-28-22-11-4-5-12-23(22)31(24)25(20-8-2-1-3-9-20)26(32)29-30-13-15-33-16-14-30/h1-12,17,25H,13-16,18H2,(H,29,32). The largest absolute Gasteiger partial charge is 0.379 e. The molecule has 5 rings (SSSR count). The molecule has 1 atom stereocenters. The van der Waals surface area contributed by atoms with Crippen molar-refractivity contribution in [2.24, 2.45) is 0 Å². The van der Waals surface area contributed by atoms with Crippen LogP contribution >= 0.6 is 11.6 Å². The van der Waals surface area contributed by atoms with Crippen LogP contribution in [0.3, 0.4) is 0 Å². The summed E-state index contributed by atoms with van der Waals surface area (Å²) in [5, 5.41) is 2.61. The summed E-state index contributed by atoms with van der Waals surface area (Å²) in [6.07, 6.45) is 0.559. The van der Waals surface area contributed by atoms with Gasteiger partial charge in [-0.1, -0.05) is 66.2 Å². The van der Waals surface area contributed by atoms with Crippen LogP contribution in [0.5, 0.6) is 0 Å². The highest BCUT2D eigenvalue weighted by molar-refractivity contribution is 6.30. The molecule has 0 saturated carbocycles. The van der Waals surface area contributed by atoms with Gasteiger partial charge < -0.3 is 9.30 Å². The molecule has 0 spiro atoms. The quantitative estimate of drug-likeness (QED) is 0.467. The van der Waals surface area contributed by atoms with E-state index in [-0.39, 0.29) is 5.91 Å². The van der Waals surface area contributed by atoms with Crippen molar-refractivity contribution in [3.63, 3.8) is 0 Å². The fourth-order valence-corrected chi connectivity index (χ4v) is 4.49. The monoisotopic (exact) mass is 460 g/mol. The molecule has 1 aliphatic rings. The van der Waals surface area contributed by atoms with Crippen LogP contribution in [0.25, 0.3) is 11.0 Å². The number of fused-ring (bicyclic) bond motifs is 1. The molecule has 3 aromatic carbocycles. The van der Waals surface area contributed by atoms with Gasteiger partial charge in [-0.3, -0.25) is 10.2 Å². The van der Waals surface area contributed by atoms with Gasteiger partial charge in [-0.05, 0) is 35.4 Å². The van der Waals surface area contributed by atoms with E-state index in [1.807, 2.05) is 83.9 Å². The predicted octanol–water partition coefficient (Wildman–Crippen LogP) is 4.23. The van der Waals surface area contributed by atoms with E-state index in [1.54, 1.807) is 0 Å². The second-order valence-corrected chi connectivity index (χ2v) is 8.52. The van der Waals surface area contributed by atoms with Gasteiger partial charge in [0, 0.05) is 24.5 Å². The molecule has 1 fully saturated rings. The molecule has 0 bridgehead atoms. The summed E-state index contributed by atoms with van der Waals surface area (Å²) in [7, 11) is 0. The number of hydrogen-bond donors (Lipinski definition) is 1. The van der Waals surface area contributed by atoms with Crippen molar-refractivity contribution in [1.29, 1.82) is 0 Å². The van der Waals surface area contributed by atoms with Gasteiger partial charge in [0.1, 0.15) is 11.9 Å². The Labute approximate surface area is 197 Å². The highest BCUT2D eigenvalue weighted by Gasteiger charge is 2.29. The maximum Gasteiger partial charge on any atom is 0.262 e. The third kappa shape index (κ3) is 4.78. The second-order valence-electron chi connectivity index (χ2n) is 8.08. The fourth-order valence-electron chi connectivity index (χ4n) is 4.28. The summed E-state index contributed by atoms with van der Waals surface area (Å²) in [5.74, 6) is 0.711. The number of amides is 1. The van der Waals surface area contributed by atoms with Crippen molar-refractivity contribution in [2.75, 3.05) is 26.3 Å². The number of morpholine rings is 1. The van der Waals surface area contributed by atoms with Crippen molar-refractivity contribution in [3.8, 4) is 0 Å². The third-order valence-electron chi connectivity index (χ3n) is 5.82. The lowest BCUT2D eigenvalue weighted by atomic mass is 10.0. The molecule has 0 aliphatic carbocycles. The van der Waals surface area contributed by atoms with Crippen LogP contribution in [0.2, 0.25) is 5.02 Å². The molecule has 0 radical (unpaired) electrons. The van der Waals surface area contributed by atoms with Gasteiger partial charge in [-0.25, -0.2) is 9.99 Å². The van der Waals surface area contributed by atoms with E-state index < -0.39 is 6.04 Å². The molecule has 7 heteroatoms.